The van der Waals surface area contributed by atoms with Crippen LogP contribution in [0.5, 0.6) is 0 Å². The molecular formula is C11H19NO2. The van der Waals surface area contributed by atoms with Crippen LogP contribution < -0.4 is 0 Å². The Morgan fingerprint density at radius 2 is 1.86 bits per heavy atom. The third kappa shape index (κ3) is 1.54. The highest BCUT2D eigenvalue weighted by atomic mass is 16.6. The molecule has 3 heteroatoms. The molecule has 1 spiro atoms. The van der Waals surface area contributed by atoms with Gasteiger partial charge in [-0.05, 0) is 33.7 Å². The van der Waals surface area contributed by atoms with E-state index in [1.165, 1.54) is 0 Å². The van der Waals surface area contributed by atoms with E-state index in [1.807, 2.05) is 13.8 Å². The minimum absolute atomic E-state index is 0.0120. The van der Waals surface area contributed by atoms with Crippen molar-refractivity contribution in [2.75, 3.05) is 20.1 Å². The molecule has 2 aliphatic heterocycles. The van der Waals surface area contributed by atoms with Crippen molar-refractivity contribution in [1.82, 2.24) is 4.90 Å². The number of ether oxygens (including phenoxy) is 1. The van der Waals surface area contributed by atoms with Crippen LogP contribution in [0, 0.1) is 5.41 Å². The van der Waals surface area contributed by atoms with Crippen LogP contribution in [0.1, 0.15) is 33.1 Å². The highest BCUT2D eigenvalue weighted by Crippen LogP contribution is 2.45. The van der Waals surface area contributed by atoms with E-state index < -0.39 is 0 Å². The number of esters is 1. The van der Waals surface area contributed by atoms with E-state index in [2.05, 4.69) is 11.9 Å². The Bertz CT molecular complexity index is 252. The number of likely N-dealkylation sites (tertiary alicyclic amines) is 1. The lowest BCUT2D eigenvalue weighted by Crippen LogP contribution is -2.42. The zero-order valence-electron chi connectivity index (χ0n) is 9.30. The Balaban J connectivity index is 2.10. The van der Waals surface area contributed by atoms with Gasteiger partial charge in [-0.1, -0.05) is 0 Å². The van der Waals surface area contributed by atoms with E-state index in [0.29, 0.717) is 0 Å². The van der Waals surface area contributed by atoms with Gasteiger partial charge in [0.25, 0.3) is 0 Å². The Morgan fingerprint density at radius 1 is 1.29 bits per heavy atom. The molecule has 0 saturated carbocycles. The first-order valence-corrected chi connectivity index (χ1v) is 5.36. The molecule has 0 N–H and O–H groups in total. The molecule has 2 saturated heterocycles. The van der Waals surface area contributed by atoms with Crippen molar-refractivity contribution in [2.24, 2.45) is 5.41 Å². The average molecular weight is 197 g/mol. The highest BCUT2D eigenvalue weighted by Gasteiger charge is 2.52. The molecule has 0 bridgehead atoms. The van der Waals surface area contributed by atoms with Gasteiger partial charge in [0, 0.05) is 19.5 Å². The Morgan fingerprint density at radius 3 is 2.29 bits per heavy atom. The van der Waals surface area contributed by atoms with Crippen LogP contribution in [-0.4, -0.2) is 36.6 Å². The number of carbonyl (C=O) groups excluding carboxylic acids is 1. The lowest BCUT2D eigenvalue weighted by atomic mass is 9.79. The van der Waals surface area contributed by atoms with Crippen LogP contribution in [0.15, 0.2) is 0 Å². The van der Waals surface area contributed by atoms with Crippen molar-refractivity contribution in [3.63, 3.8) is 0 Å². The summed E-state index contributed by atoms with van der Waals surface area (Å²) in [5.41, 5.74) is -0.400. The first kappa shape index (κ1) is 9.97. The van der Waals surface area contributed by atoms with Crippen LogP contribution in [0.2, 0.25) is 0 Å². The monoisotopic (exact) mass is 197 g/mol. The molecule has 0 aromatic carbocycles. The number of piperidine rings is 1. The van der Waals surface area contributed by atoms with E-state index in [0.717, 1.165) is 32.4 Å². The zero-order chi connectivity index (χ0) is 10.4. The lowest BCUT2D eigenvalue weighted by Gasteiger charge is -2.36. The smallest absolute Gasteiger partial charge is 0.312 e. The predicted octanol–water partition coefficient (Wildman–Crippen LogP) is 1.42. The number of hydrogen-bond acceptors (Lipinski definition) is 3. The summed E-state index contributed by atoms with van der Waals surface area (Å²) < 4.78 is 5.59. The second-order valence-electron chi connectivity index (χ2n) is 5.44. The average Bonchev–Trinajstić information content (AvgIpc) is 2.30. The van der Waals surface area contributed by atoms with E-state index in [9.17, 15) is 4.79 Å². The van der Waals surface area contributed by atoms with Gasteiger partial charge in [0.2, 0.25) is 0 Å². The Kier molecular flexibility index (Phi) is 2.11. The largest absolute Gasteiger partial charge is 0.459 e. The molecule has 2 heterocycles. The molecule has 2 rings (SSSR count). The maximum absolute atomic E-state index is 11.6. The second kappa shape index (κ2) is 2.96. The second-order valence-corrected chi connectivity index (χ2v) is 5.44. The number of carbonyl (C=O) groups is 1. The zero-order valence-corrected chi connectivity index (χ0v) is 9.30. The van der Waals surface area contributed by atoms with Gasteiger partial charge in [-0.2, -0.15) is 0 Å². The van der Waals surface area contributed by atoms with Crippen molar-refractivity contribution in [3.8, 4) is 0 Å². The summed E-state index contributed by atoms with van der Waals surface area (Å²) in [6.07, 6.45) is 2.89. The lowest BCUT2D eigenvalue weighted by molar-refractivity contribution is -0.155. The molecule has 2 fully saturated rings. The quantitative estimate of drug-likeness (QED) is 0.550. The summed E-state index contributed by atoms with van der Waals surface area (Å²) in [7, 11) is 2.12. The fourth-order valence-corrected chi connectivity index (χ4v) is 2.55. The van der Waals surface area contributed by atoms with Crippen LogP contribution in [0.4, 0.5) is 0 Å². The topological polar surface area (TPSA) is 29.5 Å². The number of rotatable bonds is 0. The van der Waals surface area contributed by atoms with Gasteiger partial charge < -0.3 is 9.64 Å². The Hall–Kier alpha value is -0.570. The maximum Gasteiger partial charge on any atom is 0.312 e. The first-order valence-electron chi connectivity index (χ1n) is 5.36. The normalized spacial score (nSPS) is 30.6. The van der Waals surface area contributed by atoms with Gasteiger partial charge in [-0.25, -0.2) is 0 Å². The molecule has 14 heavy (non-hydrogen) atoms. The summed E-state index contributed by atoms with van der Waals surface area (Å²) in [6, 6.07) is 0. The van der Waals surface area contributed by atoms with Crippen molar-refractivity contribution < 1.29 is 9.53 Å². The molecule has 0 unspecified atom stereocenters. The highest BCUT2D eigenvalue weighted by molar-refractivity contribution is 5.78. The summed E-state index contributed by atoms with van der Waals surface area (Å²) in [5, 5.41) is 0. The van der Waals surface area contributed by atoms with Crippen molar-refractivity contribution in [1.29, 1.82) is 0 Å². The van der Waals surface area contributed by atoms with E-state index in [4.69, 9.17) is 4.74 Å². The summed E-state index contributed by atoms with van der Waals surface area (Å²) in [4.78, 5) is 13.9. The molecular weight excluding hydrogens is 178 g/mol. The van der Waals surface area contributed by atoms with Gasteiger partial charge in [0.05, 0.1) is 5.41 Å². The molecule has 0 radical (unpaired) electrons. The van der Waals surface area contributed by atoms with Crippen molar-refractivity contribution in [3.05, 3.63) is 0 Å². The summed E-state index contributed by atoms with van der Waals surface area (Å²) in [6.45, 7) is 6.07. The van der Waals surface area contributed by atoms with Gasteiger partial charge in [-0.15, -0.1) is 0 Å². The molecule has 0 aromatic rings. The third-order valence-electron chi connectivity index (χ3n) is 3.52. The maximum atomic E-state index is 11.6. The minimum atomic E-state index is -0.268. The third-order valence-corrected chi connectivity index (χ3v) is 3.52. The van der Waals surface area contributed by atoms with Gasteiger partial charge in [0.15, 0.2) is 0 Å². The van der Waals surface area contributed by atoms with Crippen molar-refractivity contribution >= 4 is 5.97 Å². The Labute approximate surface area is 85.4 Å². The fraction of sp³-hybridized carbons (Fsp3) is 0.909. The van der Waals surface area contributed by atoms with Crippen LogP contribution >= 0.6 is 0 Å². The van der Waals surface area contributed by atoms with Crippen molar-refractivity contribution in [2.45, 2.75) is 38.7 Å². The van der Waals surface area contributed by atoms with Gasteiger partial charge >= 0.3 is 5.97 Å². The standard InChI is InChI=1S/C11H19NO2/c1-10(2)8-11(14-9(10)13)4-6-12(3)7-5-11/h4-8H2,1-3H3. The SMILES string of the molecule is CN1CCC2(CC1)CC(C)(C)C(=O)O2. The van der Waals surface area contributed by atoms with Crippen LogP contribution in [0.3, 0.4) is 0 Å². The van der Waals surface area contributed by atoms with Gasteiger partial charge in [-0.3, -0.25) is 4.79 Å². The summed E-state index contributed by atoms with van der Waals surface area (Å²) in [5.74, 6) is -0.0120. The van der Waals surface area contributed by atoms with E-state index in [-0.39, 0.29) is 17.0 Å². The van der Waals surface area contributed by atoms with Crippen LogP contribution in [-0.2, 0) is 9.53 Å². The minimum Gasteiger partial charge on any atom is -0.459 e. The number of hydrogen-bond donors (Lipinski definition) is 0. The molecule has 2 aliphatic rings. The summed E-state index contributed by atoms with van der Waals surface area (Å²) >= 11 is 0. The molecule has 0 aliphatic carbocycles. The molecule has 0 atom stereocenters. The number of nitrogens with zero attached hydrogens (tertiary/aromatic N) is 1. The van der Waals surface area contributed by atoms with E-state index in [1.54, 1.807) is 0 Å². The van der Waals surface area contributed by atoms with E-state index >= 15 is 0 Å². The molecule has 0 amide bonds. The molecule has 3 nitrogen and oxygen atoms in total. The fourth-order valence-electron chi connectivity index (χ4n) is 2.55. The van der Waals surface area contributed by atoms with Crippen LogP contribution in [0.25, 0.3) is 0 Å². The van der Waals surface area contributed by atoms with Gasteiger partial charge in [0.1, 0.15) is 5.60 Å². The first-order chi connectivity index (χ1) is 6.44. The molecule has 0 aromatic heterocycles. The predicted molar refractivity (Wildman–Crippen MR) is 54.0 cm³/mol. The molecule has 80 valence electrons.